The second-order valence-electron chi connectivity index (χ2n) is 5.27. The number of anilines is 2. The van der Waals surface area contributed by atoms with E-state index in [2.05, 4.69) is 33.6 Å². The summed E-state index contributed by atoms with van der Waals surface area (Å²) in [4.78, 5) is 16.5. The first kappa shape index (κ1) is 16.0. The van der Waals surface area contributed by atoms with E-state index >= 15 is 0 Å². The molecule has 0 aliphatic carbocycles. The Bertz CT molecular complexity index is 493. The molecule has 2 heterocycles. The van der Waals surface area contributed by atoms with Gasteiger partial charge in [-0.05, 0) is 32.6 Å². The van der Waals surface area contributed by atoms with Gasteiger partial charge in [-0.15, -0.1) is 0 Å². The van der Waals surface area contributed by atoms with Gasteiger partial charge in [-0.2, -0.15) is 4.37 Å². The zero-order valence-electron chi connectivity index (χ0n) is 12.8. The van der Waals surface area contributed by atoms with Crippen molar-refractivity contribution >= 4 is 28.3 Å². The van der Waals surface area contributed by atoms with Crippen LogP contribution in [-0.2, 0) is 4.74 Å². The van der Waals surface area contributed by atoms with Gasteiger partial charge in [0.2, 0.25) is 0 Å². The van der Waals surface area contributed by atoms with Crippen LogP contribution in [0.4, 0.5) is 10.8 Å². The molecule has 0 amide bonds. The normalized spacial score (nSPS) is 20.4. The number of nitrogens with two attached hydrogens (primary N) is 1. The van der Waals surface area contributed by atoms with Crippen molar-refractivity contribution in [2.75, 3.05) is 57.9 Å². The van der Waals surface area contributed by atoms with E-state index in [0.717, 1.165) is 26.2 Å². The lowest BCUT2D eigenvalue weighted by atomic mass is 10.2. The van der Waals surface area contributed by atoms with E-state index < -0.39 is 5.97 Å². The van der Waals surface area contributed by atoms with Gasteiger partial charge in [0.15, 0.2) is 5.82 Å². The molecule has 0 spiro atoms. The lowest BCUT2D eigenvalue weighted by molar-refractivity contribution is 0.0529. The Morgan fingerprint density at radius 3 is 3.00 bits per heavy atom. The molecule has 8 heteroatoms. The maximum atomic E-state index is 11.9. The first-order valence-electron chi connectivity index (χ1n) is 7.07. The number of aromatic nitrogens is 1. The van der Waals surface area contributed by atoms with Crippen LogP contribution in [0.5, 0.6) is 0 Å². The number of hydrogen-bond donors (Lipinski definition) is 2. The molecule has 0 bridgehead atoms. The third kappa shape index (κ3) is 3.84. The highest BCUT2D eigenvalue weighted by Gasteiger charge is 2.24. The molecule has 0 saturated carbocycles. The summed E-state index contributed by atoms with van der Waals surface area (Å²) in [6.45, 7) is 5.95. The third-order valence-electron chi connectivity index (χ3n) is 3.68. The molecule has 1 aromatic heterocycles. The molecule has 3 N–H and O–H groups in total. The molecule has 1 aliphatic heterocycles. The van der Waals surface area contributed by atoms with Crippen LogP contribution in [0.2, 0.25) is 0 Å². The van der Waals surface area contributed by atoms with Gasteiger partial charge in [-0.1, -0.05) is 0 Å². The monoisotopic (exact) mass is 313 g/mol. The van der Waals surface area contributed by atoms with Crippen LogP contribution in [0.25, 0.3) is 0 Å². The molecule has 1 aromatic rings. The largest absolute Gasteiger partial charge is 0.462 e. The molecule has 0 aromatic carbocycles. The summed E-state index contributed by atoms with van der Waals surface area (Å²) in [7, 11) is 4.24. The number of rotatable bonds is 5. The quantitative estimate of drug-likeness (QED) is 0.768. The van der Waals surface area contributed by atoms with Crippen LogP contribution in [0, 0.1) is 0 Å². The average molecular weight is 313 g/mol. The highest BCUT2D eigenvalue weighted by molar-refractivity contribution is 7.11. The van der Waals surface area contributed by atoms with Crippen molar-refractivity contribution in [3.8, 4) is 0 Å². The number of nitrogen functional groups attached to an aromatic ring is 1. The molecule has 1 unspecified atom stereocenters. The zero-order valence-corrected chi connectivity index (χ0v) is 13.6. The number of esters is 1. The van der Waals surface area contributed by atoms with E-state index in [1.807, 2.05) is 0 Å². The van der Waals surface area contributed by atoms with Gasteiger partial charge in [0.05, 0.1) is 6.61 Å². The fraction of sp³-hybridized carbons (Fsp3) is 0.692. The minimum atomic E-state index is -0.416. The fourth-order valence-electron chi connectivity index (χ4n) is 2.36. The molecular weight excluding hydrogens is 290 g/mol. The zero-order chi connectivity index (χ0) is 15.4. The van der Waals surface area contributed by atoms with Gasteiger partial charge in [-0.25, -0.2) is 4.79 Å². The summed E-state index contributed by atoms with van der Waals surface area (Å²) in [5, 5.41) is 3.99. The van der Waals surface area contributed by atoms with Crippen molar-refractivity contribution in [3.63, 3.8) is 0 Å². The summed E-state index contributed by atoms with van der Waals surface area (Å²) in [5.74, 6) is -0.185. The highest BCUT2D eigenvalue weighted by Crippen LogP contribution is 2.27. The molecule has 2 rings (SSSR count). The van der Waals surface area contributed by atoms with Gasteiger partial charge in [0.25, 0.3) is 0 Å². The number of nitrogens with one attached hydrogen (secondary N) is 1. The van der Waals surface area contributed by atoms with E-state index in [9.17, 15) is 4.79 Å². The lowest BCUT2D eigenvalue weighted by Crippen LogP contribution is -2.52. The number of piperazine rings is 1. The standard InChI is InChI=1S/C13H23N5O2S/c1-4-20-13(19)10-11(14)16-21-12(10)15-7-9-8-17(2)5-6-18(9)3/h9,15H,4-8H2,1-3H3,(H2,14,16). The maximum absolute atomic E-state index is 11.9. The molecule has 1 fully saturated rings. The van der Waals surface area contributed by atoms with Gasteiger partial charge >= 0.3 is 5.97 Å². The lowest BCUT2D eigenvalue weighted by Gasteiger charge is -2.37. The summed E-state index contributed by atoms with van der Waals surface area (Å²) in [6, 6.07) is 0.391. The smallest absolute Gasteiger partial charge is 0.344 e. The Balaban J connectivity index is 2.01. The van der Waals surface area contributed by atoms with Crippen LogP contribution in [0.1, 0.15) is 17.3 Å². The van der Waals surface area contributed by atoms with Crippen molar-refractivity contribution in [3.05, 3.63) is 5.56 Å². The van der Waals surface area contributed by atoms with Gasteiger partial charge in [-0.3, -0.25) is 4.90 Å². The minimum Gasteiger partial charge on any atom is -0.462 e. The SMILES string of the molecule is CCOC(=O)c1c(N)nsc1NCC1CN(C)CCN1C. The third-order valence-corrected chi connectivity index (χ3v) is 4.50. The molecule has 21 heavy (non-hydrogen) atoms. The van der Waals surface area contributed by atoms with Crippen LogP contribution in [0.3, 0.4) is 0 Å². The van der Waals surface area contributed by atoms with E-state index in [1.54, 1.807) is 6.92 Å². The van der Waals surface area contributed by atoms with E-state index in [-0.39, 0.29) is 5.82 Å². The van der Waals surface area contributed by atoms with Gasteiger partial charge < -0.3 is 20.7 Å². The van der Waals surface area contributed by atoms with E-state index in [1.165, 1.54) is 11.5 Å². The van der Waals surface area contributed by atoms with Crippen molar-refractivity contribution in [1.82, 2.24) is 14.2 Å². The van der Waals surface area contributed by atoms with Gasteiger partial charge in [0.1, 0.15) is 10.6 Å². The summed E-state index contributed by atoms with van der Waals surface area (Å²) >= 11 is 1.20. The number of nitrogens with zero attached hydrogens (tertiary/aromatic N) is 3. The predicted molar refractivity (Wildman–Crippen MR) is 84.9 cm³/mol. The first-order chi connectivity index (χ1) is 10.0. The molecule has 1 saturated heterocycles. The van der Waals surface area contributed by atoms with Crippen LogP contribution >= 0.6 is 11.5 Å². The fourth-order valence-corrected chi connectivity index (χ4v) is 3.06. The molecule has 7 nitrogen and oxygen atoms in total. The Labute approximate surface area is 129 Å². The van der Waals surface area contributed by atoms with Crippen LogP contribution in [0.15, 0.2) is 0 Å². The van der Waals surface area contributed by atoms with Crippen LogP contribution in [-0.4, -0.2) is 73.1 Å². The second-order valence-corrected chi connectivity index (χ2v) is 6.04. The predicted octanol–water partition coefficient (Wildman–Crippen LogP) is 0.560. The van der Waals surface area contributed by atoms with Crippen LogP contribution < -0.4 is 11.1 Å². The Morgan fingerprint density at radius 2 is 2.29 bits per heavy atom. The number of carbonyl (C=O) groups is 1. The molecule has 118 valence electrons. The molecular formula is C13H23N5O2S. The van der Waals surface area contributed by atoms with Crippen molar-refractivity contribution in [2.45, 2.75) is 13.0 Å². The molecule has 0 radical (unpaired) electrons. The van der Waals surface area contributed by atoms with Crippen molar-refractivity contribution in [2.24, 2.45) is 0 Å². The van der Waals surface area contributed by atoms with E-state index in [0.29, 0.717) is 23.2 Å². The number of carbonyl (C=O) groups excluding carboxylic acids is 1. The molecule has 1 atom stereocenters. The summed E-state index contributed by atoms with van der Waals surface area (Å²) in [5.41, 5.74) is 6.13. The average Bonchev–Trinajstić information content (AvgIpc) is 2.81. The topological polar surface area (TPSA) is 83.7 Å². The minimum absolute atomic E-state index is 0.232. The highest BCUT2D eigenvalue weighted by atomic mass is 32.1. The summed E-state index contributed by atoms with van der Waals surface area (Å²) < 4.78 is 9.08. The first-order valence-corrected chi connectivity index (χ1v) is 7.85. The Kier molecular flexibility index (Phi) is 5.38. The second kappa shape index (κ2) is 7.06. The summed E-state index contributed by atoms with van der Waals surface area (Å²) in [6.07, 6.45) is 0. The molecule has 1 aliphatic rings. The van der Waals surface area contributed by atoms with E-state index in [4.69, 9.17) is 10.5 Å². The number of likely N-dealkylation sites (N-methyl/N-ethyl adjacent to an activating group) is 2. The number of ether oxygens (including phenoxy) is 1. The van der Waals surface area contributed by atoms with Crippen molar-refractivity contribution < 1.29 is 9.53 Å². The Hall–Kier alpha value is -1.38. The number of hydrogen-bond acceptors (Lipinski definition) is 8. The Morgan fingerprint density at radius 1 is 1.52 bits per heavy atom. The maximum Gasteiger partial charge on any atom is 0.344 e. The van der Waals surface area contributed by atoms with Crippen molar-refractivity contribution in [1.29, 1.82) is 0 Å². The van der Waals surface area contributed by atoms with Gasteiger partial charge in [0, 0.05) is 32.2 Å².